The number of nitrogens with one attached hydrogen (secondary N) is 1. The maximum atomic E-state index is 12.3. The molecule has 0 radical (unpaired) electrons. The van der Waals surface area contributed by atoms with Crippen LogP contribution in [0.3, 0.4) is 0 Å². The molecule has 0 bridgehead atoms. The summed E-state index contributed by atoms with van der Waals surface area (Å²) in [6, 6.07) is 3.62. The molecule has 2 heterocycles. The Morgan fingerprint density at radius 3 is 2.60 bits per heavy atom. The molecule has 1 amide bonds. The Kier molecular flexibility index (Phi) is 4.66. The molecule has 1 aromatic rings. The fraction of sp³-hybridized carbons (Fsp3) is 0.600. The monoisotopic (exact) mass is 296 g/mol. The van der Waals surface area contributed by atoms with Crippen LogP contribution in [-0.4, -0.2) is 30.1 Å². The molecule has 0 aliphatic carbocycles. The molecule has 0 saturated carbocycles. The summed E-state index contributed by atoms with van der Waals surface area (Å²) in [5, 5.41) is 3.39. The van der Waals surface area contributed by atoms with E-state index >= 15 is 0 Å². The Bertz CT molecular complexity index is 491. The van der Waals surface area contributed by atoms with Gasteiger partial charge in [0.05, 0.1) is 0 Å². The minimum absolute atomic E-state index is 0.0910. The average Bonchev–Trinajstić information content (AvgIpc) is 2.38. The number of hydrogen-bond acceptors (Lipinski definition) is 3. The highest BCUT2D eigenvalue weighted by Gasteiger charge is 2.21. The summed E-state index contributed by atoms with van der Waals surface area (Å²) >= 11 is 6.03. The van der Waals surface area contributed by atoms with Gasteiger partial charge in [-0.2, -0.15) is 0 Å². The van der Waals surface area contributed by atoms with E-state index in [0.717, 1.165) is 18.5 Å². The number of amides is 1. The third-order valence-corrected chi connectivity index (χ3v) is 3.57. The number of carbonyl (C=O) groups excluding carboxylic acids is 1. The first kappa shape index (κ1) is 15.3. The van der Waals surface area contributed by atoms with Crippen molar-refractivity contribution in [3.63, 3.8) is 0 Å². The van der Waals surface area contributed by atoms with Crippen LogP contribution in [0.5, 0.6) is 0 Å². The van der Waals surface area contributed by atoms with Gasteiger partial charge in [-0.25, -0.2) is 4.98 Å². The summed E-state index contributed by atoms with van der Waals surface area (Å²) in [6.07, 6.45) is 1.72. The van der Waals surface area contributed by atoms with E-state index in [9.17, 15) is 4.79 Å². The number of pyridine rings is 1. The minimum Gasteiger partial charge on any atom is -0.381 e. The van der Waals surface area contributed by atoms with E-state index in [0.29, 0.717) is 23.9 Å². The lowest BCUT2D eigenvalue weighted by molar-refractivity contribution is 0.0696. The van der Waals surface area contributed by atoms with Crippen LogP contribution in [0.15, 0.2) is 12.1 Å². The molecule has 5 heteroatoms. The predicted molar refractivity (Wildman–Crippen MR) is 79.3 cm³/mol. The van der Waals surface area contributed by atoms with Crippen LogP contribution in [-0.2, 0) is 10.2 Å². The molecular formula is C15H21ClN2O2. The molecule has 4 nitrogen and oxygen atoms in total. The Morgan fingerprint density at radius 2 is 2.00 bits per heavy atom. The van der Waals surface area contributed by atoms with Gasteiger partial charge in [0.1, 0.15) is 5.15 Å². The molecule has 110 valence electrons. The highest BCUT2D eigenvalue weighted by atomic mass is 35.5. The van der Waals surface area contributed by atoms with Crippen molar-refractivity contribution in [3.8, 4) is 0 Å². The van der Waals surface area contributed by atoms with Crippen molar-refractivity contribution in [3.05, 3.63) is 28.5 Å². The van der Waals surface area contributed by atoms with E-state index in [4.69, 9.17) is 16.3 Å². The Morgan fingerprint density at radius 1 is 1.35 bits per heavy atom. The van der Waals surface area contributed by atoms with Gasteiger partial charge in [0.15, 0.2) is 0 Å². The predicted octanol–water partition coefficient (Wildman–Crippen LogP) is 2.94. The first-order valence-corrected chi connectivity index (χ1v) is 7.31. The molecule has 1 N–H and O–H groups in total. The maximum absolute atomic E-state index is 12.3. The van der Waals surface area contributed by atoms with Gasteiger partial charge in [-0.05, 0) is 25.0 Å². The summed E-state index contributed by atoms with van der Waals surface area (Å²) in [7, 11) is 0. The van der Waals surface area contributed by atoms with Crippen LogP contribution >= 0.6 is 11.6 Å². The molecule has 0 spiro atoms. The molecule has 0 atom stereocenters. The Balaban J connectivity index is 2.14. The number of carbonyl (C=O) groups is 1. The third kappa shape index (κ3) is 3.93. The largest absolute Gasteiger partial charge is 0.381 e. The molecule has 0 aromatic carbocycles. The second-order valence-electron chi connectivity index (χ2n) is 6.17. The first-order chi connectivity index (χ1) is 9.36. The van der Waals surface area contributed by atoms with Gasteiger partial charge >= 0.3 is 0 Å². The van der Waals surface area contributed by atoms with E-state index in [-0.39, 0.29) is 17.4 Å². The van der Waals surface area contributed by atoms with Gasteiger partial charge in [-0.1, -0.05) is 32.4 Å². The van der Waals surface area contributed by atoms with Gasteiger partial charge in [0.2, 0.25) is 0 Å². The number of nitrogens with zero attached hydrogens (tertiary/aromatic N) is 1. The number of halogens is 1. The Labute approximate surface area is 124 Å². The van der Waals surface area contributed by atoms with E-state index in [1.807, 2.05) is 26.8 Å². The van der Waals surface area contributed by atoms with E-state index in [1.165, 1.54) is 0 Å². The third-order valence-electron chi connectivity index (χ3n) is 3.38. The van der Waals surface area contributed by atoms with Gasteiger partial charge in [0, 0.05) is 35.9 Å². The van der Waals surface area contributed by atoms with Crippen LogP contribution in [0.1, 0.15) is 49.7 Å². The molecule has 0 unspecified atom stereocenters. The van der Waals surface area contributed by atoms with Crippen LogP contribution in [0.4, 0.5) is 0 Å². The van der Waals surface area contributed by atoms with Crippen LogP contribution in [0.25, 0.3) is 0 Å². The fourth-order valence-electron chi connectivity index (χ4n) is 2.12. The number of aromatic nitrogens is 1. The maximum Gasteiger partial charge on any atom is 0.251 e. The van der Waals surface area contributed by atoms with Crippen molar-refractivity contribution < 1.29 is 9.53 Å². The van der Waals surface area contributed by atoms with Gasteiger partial charge in [-0.15, -0.1) is 0 Å². The quantitative estimate of drug-likeness (QED) is 0.854. The SMILES string of the molecule is CC(C)(C)c1cc(C(=O)NC2CCOCC2)cc(Cl)n1. The fourth-order valence-corrected chi connectivity index (χ4v) is 2.33. The van der Waals surface area contributed by atoms with E-state index in [2.05, 4.69) is 10.3 Å². The Hall–Kier alpha value is -1.13. The molecule has 20 heavy (non-hydrogen) atoms. The van der Waals surface area contributed by atoms with Gasteiger partial charge in [0.25, 0.3) is 5.91 Å². The van der Waals surface area contributed by atoms with Gasteiger partial charge in [-0.3, -0.25) is 4.79 Å². The van der Waals surface area contributed by atoms with Crippen molar-refractivity contribution in [2.75, 3.05) is 13.2 Å². The highest BCUT2D eigenvalue weighted by molar-refractivity contribution is 6.29. The second-order valence-corrected chi connectivity index (χ2v) is 6.56. The molecular weight excluding hydrogens is 276 g/mol. The van der Waals surface area contributed by atoms with Crippen LogP contribution in [0.2, 0.25) is 5.15 Å². The van der Waals surface area contributed by atoms with Crippen molar-refractivity contribution in [1.29, 1.82) is 0 Å². The summed E-state index contributed by atoms with van der Waals surface area (Å²) in [5.41, 5.74) is 1.25. The summed E-state index contributed by atoms with van der Waals surface area (Å²) in [5.74, 6) is -0.0910. The van der Waals surface area contributed by atoms with Crippen LogP contribution < -0.4 is 5.32 Å². The smallest absolute Gasteiger partial charge is 0.251 e. The van der Waals surface area contributed by atoms with Crippen molar-refractivity contribution in [2.45, 2.75) is 45.1 Å². The van der Waals surface area contributed by atoms with Crippen molar-refractivity contribution >= 4 is 17.5 Å². The van der Waals surface area contributed by atoms with Crippen LogP contribution in [0, 0.1) is 0 Å². The minimum atomic E-state index is -0.140. The molecule has 1 aliphatic rings. The summed E-state index contributed by atoms with van der Waals surface area (Å²) in [6.45, 7) is 7.55. The lowest BCUT2D eigenvalue weighted by atomic mass is 9.91. The van der Waals surface area contributed by atoms with Crippen molar-refractivity contribution in [2.24, 2.45) is 0 Å². The van der Waals surface area contributed by atoms with E-state index in [1.54, 1.807) is 6.07 Å². The lowest BCUT2D eigenvalue weighted by Crippen LogP contribution is -2.39. The number of ether oxygens (including phenoxy) is 1. The summed E-state index contributed by atoms with van der Waals surface area (Å²) < 4.78 is 5.29. The zero-order valence-corrected chi connectivity index (χ0v) is 13.0. The zero-order chi connectivity index (χ0) is 14.8. The second kappa shape index (κ2) is 6.10. The molecule has 1 saturated heterocycles. The summed E-state index contributed by atoms with van der Waals surface area (Å²) in [4.78, 5) is 16.6. The van der Waals surface area contributed by atoms with E-state index < -0.39 is 0 Å². The first-order valence-electron chi connectivity index (χ1n) is 6.93. The standard InChI is InChI=1S/C15H21ClN2O2/c1-15(2,3)12-8-10(9-13(16)18-12)14(19)17-11-4-6-20-7-5-11/h8-9,11H,4-7H2,1-3H3,(H,17,19). The lowest BCUT2D eigenvalue weighted by Gasteiger charge is -2.24. The highest BCUT2D eigenvalue weighted by Crippen LogP contribution is 2.23. The molecule has 1 aromatic heterocycles. The van der Waals surface area contributed by atoms with Gasteiger partial charge < -0.3 is 10.1 Å². The number of hydrogen-bond donors (Lipinski definition) is 1. The molecule has 1 fully saturated rings. The normalized spacial score (nSPS) is 17.0. The average molecular weight is 297 g/mol. The zero-order valence-electron chi connectivity index (χ0n) is 12.2. The van der Waals surface area contributed by atoms with Crippen molar-refractivity contribution in [1.82, 2.24) is 10.3 Å². The molecule has 2 rings (SSSR count). The molecule has 1 aliphatic heterocycles. The number of rotatable bonds is 2. The topological polar surface area (TPSA) is 51.2 Å².